The summed E-state index contributed by atoms with van der Waals surface area (Å²) in [5, 5.41) is 0. The van der Waals surface area contributed by atoms with Crippen molar-refractivity contribution in [3.63, 3.8) is 0 Å². The van der Waals surface area contributed by atoms with Crippen LogP contribution in [0.25, 0.3) is 0 Å². The van der Waals surface area contributed by atoms with E-state index >= 15 is 0 Å². The van der Waals surface area contributed by atoms with Crippen molar-refractivity contribution in [1.29, 1.82) is 0 Å². The third kappa shape index (κ3) is 7.20. The molecule has 0 radical (unpaired) electrons. The van der Waals surface area contributed by atoms with Gasteiger partial charge in [0, 0.05) is 12.8 Å². The molecule has 2 aliphatic heterocycles. The lowest BCUT2D eigenvalue weighted by Gasteiger charge is -2.55. The van der Waals surface area contributed by atoms with Crippen LogP contribution in [0.2, 0.25) is 0 Å². The highest BCUT2D eigenvalue weighted by atomic mass is 16.8. The molecule has 44 heavy (non-hydrogen) atoms. The van der Waals surface area contributed by atoms with E-state index in [2.05, 4.69) is 0 Å². The molecule has 0 aromatic heterocycles. The molecule has 6 rings (SSSR count). The number of hydrogen-bond acceptors (Lipinski definition) is 9. The van der Waals surface area contributed by atoms with E-state index in [0.717, 1.165) is 16.7 Å². The van der Waals surface area contributed by atoms with E-state index in [0.29, 0.717) is 6.61 Å². The standard InChI is InChI=1S/C35H38O9/c1-35(2)43-32-28(38-20-23-12-6-3-7-13-23)31(42-34(37)26-18-19-27(36)41-26)29(39-21-24-14-8-4-9-15-24)33(44-35)30(32)40-22-25-16-10-5-11-17-25/h3-17,26,28-33H,18-22H2,1-2H3/t26-,28-,29-,30?,31?,32-,33+/m1/s1. The van der Waals surface area contributed by atoms with Crippen LogP contribution < -0.4 is 0 Å². The van der Waals surface area contributed by atoms with Gasteiger partial charge in [0.15, 0.2) is 18.0 Å². The Balaban J connectivity index is 1.35. The Morgan fingerprint density at radius 1 is 0.682 bits per heavy atom. The van der Waals surface area contributed by atoms with Crippen molar-refractivity contribution in [2.24, 2.45) is 0 Å². The van der Waals surface area contributed by atoms with E-state index in [1.807, 2.05) is 105 Å². The van der Waals surface area contributed by atoms with Gasteiger partial charge in [-0.25, -0.2) is 4.79 Å². The molecule has 232 valence electrons. The van der Waals surface area contributed by atoms with Crippen molar-refractivity contribution in [2.75, 3.05) is 0 Å². The number of fused-ring (bicyclic) bond motifs is 2. The minimum Gasteiger partial charge on any atom is -0.454 e. The van der Waals surface area contributed by atoms with Gasteiger partial charge in [-0.05, 0) is 30.5 Å². The smallest absolute Gasteiger partial charge is 0.347 e. The summed E-state index contributed by atoms with van der Waals surface area (Å²) in [6, 6.07) is 29.3. The molecule has 9 heteroatoms. The molecule has 9 nitrogen and oxygen atoms in total. The van der Waals surface area contributed by atoms with Crippen molar-refractivity contribution in [2.45, 2.75) is 95.0 Å². The summed E-state index contributed by atoms with van der Waals surface area (Å²) in [5.74, 6) is -2.08. The molecule has 3 aliphatic rings. The molecule has 1 aliphatic carbocycles. The minimum atomic E-state index is -0.999. The van der Waals surface area contributed by atoms with Gasteiger partial charge in [0.1, 0.15) is 30.5 Å². The number of esters is 2. The van der Waals surface area contributed by atoms with E-state index in [4.69, 9.17) is 33.2 Å². The maximum Gasteiger partial charge on any atom is 0.347 e. The second-order valence-corrected chi connectivity index (χ2v) is 11.8. The molecule has 1 saturated carbocycles. The van der Waals surface area contributed by atoms with Gasteiger partial charge in [-0.2, -0.15) is 0 Å². The van der Waals surface area contributed by atoms with Crippen LogP contribution in [-0.2, 0) is 62.6 Å². The minimum absolute atomic E-state index is 0.160. The largest absolute Gasteiger partial charge is 0.454 e. The zero-order valence-electron chi connectivity index (χ0n) is 24.9. The van der Waals surface area contributed by atoms with Gasteiger partial charge in [-0.15, -0.1) is 0 Å². The molecule has 0 spiro atoms. The molecule has 2 bridgehead atoms. The third-order valence-corrected chi connectivity index (χ3v) is 8.04. The average Bonchev–Trinajstić information content (AvgIpc) is 3.47. The van der Waals surface area contributed by atoms with Gasteiger partial charge in [0.05, 0.1) is 19.8 Å². The van der Waals surface area contributed by atoms with Gasteiger partial charge < -0.3 is 33.2 Å². The summed E-state index contributed by atoms with van der Waals surface area (Å²) in [7, 11) is 0. The van der Waals surface area contributed by atoms with E-state index in [9.17, 15) is 9.59 Å². The van der Waals surface area contributed by atoms with Crippen LogP contribution in [0.3, 0.4) is 0 Å². The predicted octanol–water partition coefficient (Wildman–Crippen LogP) is 4.89. The molecular weight excluding hydrogens is 564 g/mol. The van der Waals surface area contributed by atoms with Crippen molar-refractivity contribution in [3.05, 3.63) is 108 Å². The van der Waals surface area contributed by atoms with Crippen LogP contribution in [0.1, 0.15) is 43.4 Å². The zero-order chi connectivity index (χ0) is 30.5. The van der Waals surface area contributed by atoms with Crippen molar-refractivity contribution >= 4 is 11.9 Å². The second kappa shape index (κ2) is 13.6. The molecule has 3 aromatic carbocycles. The number of hydrogen-bond donors (Lipinski definition) is 0. The first kappa shape index (κ1) is 30.4. The Hall–Kier alpha value is -3.60. The monoisotopic (exact) mass is 602 g/mol. The Bertz CT molecular complexity index is 1320. The zero-order valence-corrected chi connectivity index (χ0v) is 24.9. The van der Waals surface area contributed by atoms with E-state index < -0.39 is 60.5 Å². The molecule has 3 fully saturated rings. The third-order valence-electron chi connectivity index (χ3n) is 8.04. The van der Waals surface area contributed by atoms with Crippen molar-refractivity contribution in [3.8, 4) is 0 Å². The van der Waals surface area contributed by atoms with Gasteiger partial charge in [0.25, 0.3) is 0 Å². The van der Waals surface area contributed by atoms with Gasteiger partial charge in [0.2, 0.25) is 0 Å². The Labute approximate surface area is 257 Å². The highest BCUT2D eigenvalue weighted by Gasteiger charge is 2.61. The Morgan fingerprint density at radius 2 is 1.11 bits per heavy atom. The number of carbonyl (C=O) groups is 2. The molecule has 3 aromatic rings. The van der Waals surface area contributed by atoms with Crippen LogP contribution in [0.5, 0.6) is 0 Å². The lowest BCUT2D eigenvalue weighted by atomic mass is 9.82. The predicted molar refractivity (Wildman–Crippen MR) is 158 cm³/mol. The lowest BCUT2D eigenvalue weighted by Crippen LogP contribution is -2.73. The van der Waals surface area contributed by atoms with E-state index in [1.54, 1.807) is 0 Å². The summed E-state index contributed by atoms with van der Waals surface area (Å²) >= 11 is 0. The number of rotatable bonds is 11. The fourth-order valence-electron chi connectivity index (χ4n) is 5.98. The quantitative estimate of drug-likeness (QED) is 0.284. The van der Waals surface area contributed by atoms with Crippen molar-refractivity contribution < 1.29 is 42.7 Å². The Morgan fingerprint density at radius 3 is 1.52 bits per heavy atom. The first-order valence-electron chi connectivity index (χ1n) is 15.1. The van der Waals surface area contributed by atoms with Crippen LogP contribution in [0.15, 0.2) is 91.0 Å². The Kier molecular flexibility index (Phi) is 9.39. The summed E-state index contributed by atoms with van der Waals surface area (Å²) in [5.41, 5.74) is 2.88. The maximum atomic E-state index is 13.4. The topological polar surface area (TPSA) is 98.8 Å². The second-order valence-electron chi connectivity index (χ2n) is 11.8. The summed E-state index contributed by atoms with van der Waals surface area (Å²) in [6.07, 6.45) is -5.06. The number of cyclic esters (lactones) is 1. The SMILES string of the molecule is CC1(C)O[C@@H]2C(OCc3ccccc3)[C@H](O1)[C@H](OCc1ccccc1)C(OC(=O)[C@H]1CCC(=O)O1)[C@H]2OCc1ccccc1. The summed E-state index contributed by atoms with van der Waals surface area (Å²) < 4.78 is 44.1. The van der Waals surface area contributed by atoms with Crippen LogP contribution in [-0.4, -0.2) is 60.5 Å². The lowest BCUT2D eigenvalue weighted by molar-refractivity contribution is -0.400. The maximum absolute atomic E-state index is 13.4. The first-order valence-corrected chi connectivity index (χ1v) is 15.1. The molecule has 2 saturated heterocycles. The molecular formula is C35H38O9. The average molecular weight is 603 g/mol. The van der Waals surface area contributed by atoms with Crippen LogP contribution in [0.4, 0.5) is 0 Å². The normalized spacial score (nSPS) is 29.1. The molecule has 2 heterocycles. The summed E-state index contributed by atoms with van der Waals surface area (Å²) in [6.45, 7) is 4.46. The molecule has 2 unspecified atom stereocenters. The molecule has 0 N–H and O–H groups in total. The fraction of sp³-hybridized carbons (Fsp3) is 0.429. The van der Waals surface area contributed by atoms with Gasteiger partial charge in [-0.3, -0.25) is 4.79 Å². The van der Waals surface area contributed by atoms with Gasteiger partial charge >= 0.3 is 11.9 Å². The van der Waals surface area contributed by atoms with E-state index in [1.165, 1.54) is 0 Å². The first-order chi connectivity index (χ1) is 21.4. The number of ether oxygens (including phenoxy) is 7. The number of benzene rings is 3. The molecule has 0 amide bonds. The van der Waals surface area contributed by atoms with Crippen molar-refractivity contribution in [1.82, 2.24) is 0 Å². The van der Waals surface area contributed by atoms with Crippen LogP contribution >= 0.6 is 0 Å². The highest BCUT2D eigenvalue weighted by Crippen LogP contribution is 2.42. The molecule has 7 atom stereocenters. The van der Waals surface area contributed by atoms with Crippen LogP contribution in [0, 0.1) is 0 Å². The van der Waals surface area contributed by atoms with Gasteiger partial charge in [-0.1, -0.05) is 91.0 Å². The number of carbonyl (C=O) groups excluding carboxylic acids is 2. The van der Waals surface area contributed by atoms with E-state index in [-0.39, 0.29) is 26.1 Å². The fourth-order valence-corrected chi connectivity index (χ4v) is 5.98. The highest BCUT2D eigenvalue weighted by molar-refractivity contribution is 5.82. The summed E-state index contributed by atoms with van der Waals surface area (Å²) in [4.78, 5) is 25.2.